The number of aliphatic hydroxyl groups is 1. The van der Waals surface area contributed by atoms with Crippen molar-refractivity contribution in [2.45, 2.75) is 59.0 Å². The van der Waals surface area contributed by atoms with Crippen LogP contribution >= 0.6 is 0 Å². The Bertz CT molecular complexity index is 218. The molecular formula is C14H30N2O2. The first kappa shape index (κ1) is 17.4. The summed E-state index contributed by atoms with van der Waals surface area (Å²) in [6.45, 7) is 7.28. The average molecular weight is 258 g/mol. The van der Waals surface area contributed by atoms with Gasteiger partial charge in [0.15, 0.2) is 0 Å². The molecule has 0 radical (unpaired) electrons. The van der Waals surface area contributed by atoms with Crippen LogP contribution in [0.25, 0.3) is 0 Å². The van der Waals surface area contributed by atoms with E-state index in [2.05, 4.69) is 26.1 Å². The highest BCUT2D eigenvalue weighted by Crippen LogP contribution is 2.12. The highest BCUT2D eigenvalue weighted by atomic mass is 16.3. The molecule has 0 aliphatic carbocycles. The number of hydrogen-bond acceptors (Lipinski definition) is 3. The number of nitrogens with one attached hydrogen (secondary N) is 1. The van der Waals surface area contributed by atoms with Gasteiger partial charge in [0.05, 0.1) is 6.10 Å². The van der Waals surface area contributed by atoms with Crippen molar-refractivity contribution in [3.63, 3.8) is 0 Å². The largest absolute Gasteiger partial charge is 0.391 e. The third-order valence-corrected chi connectivity index (χ3v) is 3.62. The van der Waals surface area contributed by atoms with Crippen molar-refractivity contribution in [2.75, 3.05) is 13.1 Å². The summed E-state index contributed by atoms with van der Waals surface area (Å²) in [6.07, 6.45) is 3.82. The first-order valence-electron chi connectivity index (χ1n) is 7.19. The Kier molecular flexibility index (Phi) is 9.98. The molecule has 4 nitrogen and oxygen atoms in total. The SMILES string of the molecule is CCC(CC)C(O)CNC(=O)CCC(C)CCN. The number of hydrogen-bond donors (Lipinski definition) is 3. The van der Waals surface area contributed by atoms with Gasteiger partial charge < -0.3 is 16.2 Å². The lowest BCUT2D eigenvalue weighted by atomic mass is 9.96. The minimum absolute atomic E-state index is 0.0314. The Hall–Kier alpha value is -0.610. The molecule has 0 aliphatic rings. The number of carbonyl (C=O) groups excluding carboxylic acids is 1. The Morgan fingerprint density at radius 3 is 2.39 bits per heavy atom. The molecule has 0 saturated carbocycles. The van der Waals surface area contributed by atoms with Crippen molar-refractivity contribution in [1.29, 1.82) is 0 Å². The van der Waals surface area contributed by atoms with Gasteiger partial charge in [0, 0.05) is 13.0 Å². The van der Waals surface area contributed by atoms with Gasteiger partial charge in [-0.2, -0.15) is 0 Å². The molecule has 0 bridgehead atoms. The number of aliphatic hydroxyl groups excluding tert-OH is 1. The number of amides is 1. The zero-order valence-electron chi connectivity index (χ0n) is 12.1. The van der Waals surface area contributed by atoms with Crippen molar-refractivity contribution < 1.29 is 9.90 Å². The van der Waals surface area contributed by atoms with E-state index in [4.69, 9.17) is 5.73 Å². The highest BCUT2D eigenvalue weighted by molar-refractivity contribution is 5.75. The van der Waals surface area contributed by atoms with Crippen molar-refractivity contribution in [3.05, 3.63) is 0 Å². The summed E-state index contributed by atoms with van der Waals surface area (Å²) in [5, 5.41) is 12.7. The molecule has 0 aromatic rings. The molecule has 108 valence electrons. The summed E-state index contributed by atoms with van der Waals surface area (Å²) in [5.74, 6) is 0.801. The number of carbonyl (C=O) groups is 1. The molecule has 0 fully saturated rings. The Balaban J connectivity index is 3.76. The summed E-state index contributed by atoms with van der Waals surface area (Å²) in [6, 6.07) is 0. The van der Waals surface area contributed by atoms with Crippen molar-refractivity contribution in [1.82, 2.24) is 5.32 Å². The molecule has 0 aromatic heterocycles. The van der Waals surface area contributed by atoms with E-state index in [0.29, 0.717) is 25.4 Å². The van der Waals surface area contributed by atoms with E-state index in [-0.39, 0.29) is 11.8 Å². The normalized spacial score (nSPS) is 14.6. The van der Waals surface area contributed by atoms with Crippen LogP contribution in [-0.4, -0.2) is 30.2 Å². The summed E-state index contributed by atoms with van der Waals surface area (Å²) in [5.41, 5.74) is 5.46. The quantitative estimate of drug-likeness (QED) is 0.558. The number of nitrogens with two attached hydrogens (primary N) is 1. The molecule has 1 amide bonds. The fourth-order valence-electron chi connectivity index (χ4n) is 2.11. The summed E-state index contributed by atoms with van der Waals surface area (Å²) in [4.78, 5) is 11.6. The summed E-state index contributed by atoms with van der Waals surface area (Å²) >= 11 is 0. The molecule has 0 aromatic carbocycles. The van der Waals surface area contributed by atoms with Crippen LogP contribution < -0.4 is 11.1 Å². The maximum Gasteiger partial charge on any atom is 0.220 e. The van der Waals surface area contributed by atoms with E-state index in [1.54, 1.807) is 0 Å². The van der Waals surface area contributed by atoms with Gasteiger partial charge in [-0.15, -0.1) is 0 Å². The molecule has 4 heteroatoms. The van der Waals surface area contributed by atoms with Gasteiger partial charge in [0.25, 0.3) is 0 Å². The van der Waals surface area contributed by atoms with Crippen LogP contribution in [0.1, 0.15) is 52.9 Å². The van der Waals surface area contributed by atoms with Crippen LogP contribution in [0, 0.1) is 11.8 Å². The Labute approximate surface area is 111 Å². The highest BCUT2D eigenvalue weighted by Gasteiger charge is 2.16. The zero-order chi connectivity index (χ0) is 14.0. The van der Waals surface area contributed by atoms with E-state index < -0.39 is 6.10 Å². The lowest BCUT2D eigenvalue weighted by Crippen LogP contribution is -2.36. The molecule has 4 N–H and O–H groups in total. The second kappa shape index (κ2) is 10.3. The maximum absolute atomic E-state index is 11.6. The molecule has 2 unspecified atom stereocenters. The molecule has 0 rings (SSSR count). The van der Waals surface area contributed by atoms with Crippen molar-refractivity contribution in [2.24, 2.45) is 17.6 Å². The topological polar surface area (TPSA) is 75.3 Å². The Morgan fingerprint density at radius 2 is 1.89 bits per heavy atom. The molecule has 18 heavy (non-hydrogen) atoms. The second-order valence-electron chi connectivity index (χ2n) is 5.17. The molecule has 0 aliphatic heterocycles. The van der Waals surface area contributed by atoms with Gasteiger partial charge in [-0.05, 0) is 31.2 Å². The van der Waals surface area contributed by atoms with E-state index in [9.17, 15) is 9.90 Å². The fourth-order valence-corrected chi connectivity index (χ4v) is 2.11. The van der Waals surface area contributed by atoms with Crippen LogP contribution in [0.4, 0.5) is 0 Å². The van der Waals surface area contributed by atoms with Crippen molar-refractivity contribution >= 4 is 5.91 Å². The van der Waals surface area contributed by atoms with Gasteiger partial charge >= 0.3 is 0 Å². The summed E-state index contributed by atoms with van der Waals surface area (Å²) < 4.78 is 0. The smallest absolute Gasteiger partial charge is 0.220 e. The molecule has 0 saturated heterocycles. The van der Waals surface area contributed by atoms with E-state index >= 15 is 0 Å². The van der Waals surface area contributed by atoms with E-state index in [0.717, 1.165) is 25.7 Å². The van der Waals surface area contributed by atoms with Gasteiger partial charge in [-0.1, -0.05) is 33.6 Å². The van der Waals surface area contributed by atoms with Crippen LogP contribution in [0.15, 0.2) is 0 Å². The third kappa shape index (κ3) is 7.67. The standard InChI is InChI=1S/C14H30N2O2/c1-4-12(5-2)13(17)10-16-14(18)7-6-11(3)8-9-15/h11-13,17H,4-10,15H2,1-3H3,(H,16,18). The van der Waals surface area contributed by atoms with Gasteiger partial charge in [0.2, 0.25) is 5.91 Å². The van der Waals surface area contributed by atoms with Gasteiger partial charge in [-0.3, -0.25) is 4.79 Å². The first-order chi connectivity index (χ1) is 8.54. The molecule has 0 heterocycles. The maximum atomic E-state index is 11.6. The minimum Gasteiger partial charge on any atom is -0.391 e. The van der Waals surface area contributed by atoms with Gasteiger partial charge in [0.1, 0.15) is 0 Å². The zero-order valence-corrected chi connectivity index (χ0v) is 12.1. The number of rotatable bonds is 10. The Morgan fingerprint density at radius 1 is 1.28 bits per heavy atom. The van der Waals surface area contributed by atoms with Crippen molar-refractivity contribution in [3.8, 4) is 0 Å². The average Bonchev–Trinajstić information content (AvgIpc) is 2.35. The monoisotopic (exact) mass is 258 g/mol. The lowest BCUT2D eigenvalue weighted by molar-refractivity contribution is -0.122. The summed E-state index contributed by atoms with van der Waals surface area (Å²) in [7, 11) is 0. The van der Waals surface area contributed by atoms with Crippen LogP contribution in [0.3, 0.4) is 0 Å². The third-order valence-electron chi connectivity index (χ3n) is 3.62. The first-order valence-corrected chi connectivity index (χ1v) is 7.19. The predicted octanol–water partition coefficient (Wildman–Crippen LogP) is 1.66. The molecule has 0 spiro atoms. The fraction of sp³-hybridized carbons (Fsp3) is 0.929. The predicted molar refractivity (Wildman–Crippen MR) is 75.2 cm³/mol. The van der Waals surface area contributed by atoms with Gasteiger partial charge in [-0.25, -0.2) is 0 Å². The lowest BCUT2D eigenvalue weighted by Gasteiger charge is -2.20. The molecule has 2 atom stereocenters. The van der Waals surface area contributed by atoms with E-state index in [1.165, 1.54) is 0 Å². The van der Waals surface area contributed by atoms with Crippen LogP contribution in [0.5, 0.6) is 0 Å². The second-order valence-corrected chi connectivity index (χ2v) is 5.17. The van der Waals surface area contributed by atoms with Crippen LogP contribution in [-0.2, 0) is 4.79 Å². The molecular weight excluding hydrogens is 228 g/mol. The van der Waals surface area contributed by atoms with Crippen LogP contribution in [0.2, 0.25) is 0 Å². The minimum atomic E-state index is -0.426. The van der Waals surface area contributed by atoms with E-state index in [1.807, 2.05) is 0 Å².